The molecule has 3 aromatic rings. The number of aromatic nitrogens is 3. The molecular formula is C23H28N4O4S2. The number of thioether (sulfide) groups is 1. The van der Waals surface area contributed by atoms with Crippen molar-refractivity contribution in [2.75, 3.05) is 18.2 Å². The highest BCUT2D eigenvalue weighted by Crippen LogP contribution is 2.30. The molecule has 176 valence electrons. The third-order valence-electron chi connectivity index (χ3n) is 4.93. The van der Waals surface area contributed by atoms with E-state index in [9.17, 15) is 9.59 Å². The topological polar surface area (TPSA) is 95.3 Å². The molecule has 1 aromatic carbocycles. The highest BCUT2D eigenvalue weighted by Gasteiger charge is 2.19. The van der Waals surface area contributed by atoms with E-state index in [4.69, 9.17) is 9.47 Å². The molecule has 0 unspecified atom stereocenters. The van der Waals surface area contributed by atoms with E-state index in [0.29, 0.717) is 28.1 Å². The van der Waals surface area contributed by atoms with Gasteiger partial charge in [0.25, 0.3) is 0 Å². The maximum absolute atomic E-state index is 12.6. The van der Waals surface area contributed by atoms with Gasteiger partial charge in [0.15, 0.2) is 11.0 Å². The number of amides is 1. The van der Waals surface area contributed by atoms with E-state index >= 15 is 0 Å². The largest absolute Gasteiger partial charge is 0.485 e. The van der Waals surface area contributed by atoms with Crippen LogP contribution in [0.25, 0.3) is 0 Å². The Bertz CT molecular complexity index is 1140. The van der Waals surface area contributed by atoms with Crippen molar-refractivity contribution in [1.29, 1.82) is 0 Å². The molecule has 0 aliphatic carbocycles. The summed E-state index contributed by atoms with van der Waals surface area (Å²) in [4.78, 5) is 25.6. The van der Waals surface area contributed by atoms with Crippen molar-refractivity contribution >= 4 is 40.0 Å². The summed E-state index contributed by atoms with van der Waals surface area (Å²) >= 11 is 2.67. The van der Waals surface area contributed by atoms with E-state index in [1.807, 2.05) is 50.5 Å². The molecule has 0 spiro atoms. The van der Waals surface area contributed by atoms with Crippen molar-refractivity contribution in [3.05, 3.63) is 51.7 Å². The number of aryl methyl sites for hydroxylation is 3. The Morgan fingerprint density at radius 2 is 1.97 bits per heavy atom. The van der Waals surface area contributed by atoms with Gasteiger partial charge in [0.05, 0.1) is 18.4 Å². The van der Waals surface area contributed by atoms with Gasteiger partial charge in [0, 0.05) is 11.4 Å². The van der Waals surface area contributed by atoms with Gasteiger partial charge in [-0.2, -0.15) is 0 Å². The van der Waals surface area contributed by atoms with Crippen LogP contribution in [0.5, 0.6) is 5.75 Å². The molecule has 8 nitrogen and oxygen atoms in total. The maximum Gasteiger partial charge on any atom is 0.340 e. The number of carbonyl (C=O) groups is 2. The highest BCUT2D eigenvalue weighted by atomic mass is 32.2. The van der Waals surface area contributed by atoms with Gasteiger partial charge in [0.2, 0.25) is 5.91 Å². The molecule has 1 N–H and O–H groups in total. The molecule has 33 heavy (non-hydrogen) atoms. The van der Waals surface area contributed by atoms with E-state index in [1.165, 1.54) is 30.2 Å². The second-order valence-electron chi connectivity index (χ2n) is 7.34. The molecule has 0 atom stereocenters. The number of hydrogen-bond acceptors (Lipinski definition) is 8. The zero-order chi connectivity index (χ0) is 24.0. The Morgan fingerprint density at radius 1 is 1.18 bits per heavy atom. The van der Waals surface area contributed by atoms with Gasteiger partial charge in [0.1, 0.15) is 17.4 Å². The molecule has 2 heterocycles. The molecule has 0 aliphatic rings. The number of carbonyl (C=O) groups excluding carboxylic acids is 2. The Kier molecular flexibility index (Phi) is 8.51. The standard InChI is InChI=1S/C23H28N4O4S2/c1-6-16-11-17(22(29)30-5)21(33-16)24-20(28)13-32-23-26-25-19(27(23)7-2)12-31-18-10-14(3)8-9-15(18)4/h8-11H,6-7,12-13H2,1-5H3,(H,24,28). The number of nitrogens with zero attached hydrogens (tertiary/aromatic N) is 3. The Balaban J connectivity index is 1.63. The predicted molar refractivity (Wildman–Crippen MR) is 130 cm³/mol. The van der Waals surface area contributed by atoms with Gasteiger partial charge in [-0.25, -0.2) is 4.79 Å². The van der Waals surface area contributed by atoms with E-state index in [0.717, 1.165) is 28.2 Å². The first-order valence-corrected chi connectivity index (χ1v) is 12.4. The number of ether oxygens (including phenoxy) is 2. The lowest BCUT2D eigenvalue weighted by Crippen LogP contribution is -2.16. The fraction of sp³-hybridized carbons (Fsp3) is 0.391. The average molecular weight is 489 g/mol. The minimum atomic E-state index is -0.465. The quantitative estimate of drug-likeness (QED) is 0.328. The number of esters is 1. The Labute approximate surface area is 201 Å². The summed E-state index contributed by atoms with van der Waals surface area (Å²) in [7, 11) is 1.33. The van der Waals surface area contributed by atoms with Crippen LogP contribution in [0, 0.1) is 13.8 Å². The van der Waals surface area contributed by atoms with Crippen LogP contribution in [0.15, 0.2) is 29.4 Å². The van der Waals surface area contributed by atoms with Crippen LogP contribution < -0.4 is 10.1 Å². The molecule has 0 fully saturated rings. The number of anilines is 1. The van der Waals surface area contributed by atoms with E-state index in [2.05, 4.69) is 15.5 Å². The normalized spacial score (nSPS) is 10.8. The van der Waals surface area contributed by atoms with Gasteiger partial charge >= 0.3 is 5.97 Å². The molecule has 3 rings (SSSR count). The third kappa shape index (κ3) is 6.14. The summed E-state index contributed by atoms with van der Waals surface area (Å²) < 4.78 is 12.7. The summed E-state index contributed by atoms with van der Waals surface area (Å²) in [5.74, 6) is 0.954. The number of hydrogen-bond donors (Lipinski definition) is 1. The number of rotatable bonds is 10. The van der Waals surface area contributed by atoms with E-state index < -0.39 is 5.97 Å². The third-order valence-corrected chi connectivity index (χ3v) is 7.09. The van der Waals surface area contributed by atoms with Gasteiger partial charge < -0.3 is 19.4 Å². The fourth-order valence-corrected chi connectivity index (χ4v) is 4.94. The van der Waals surface area contributed by atoms with Crippen LogP contribution in [0.2, 0.25) is 0 Å². The zero-order valence-corrected chi connectivity index (χ0v) is 21.1. The van der Waals surface area contributed by atoms with Crippen molar-refractivity contribution in [2.24, 2.45) is 0 Å². The molecule has 2 aromatic heterocycles. The highest BCUT2D eigenvalue weighted by molar-refractivity contribution is 7.99. The van der Waals surface area contributed by atoms with Crippen molar-refractivity contribution in [3.8, 4) is 5.75 Å². The van der Waals surface area contributed by atoms with Crippen molar-refractivity contribution < 1.29 is 19.1 Å². The van der Waals surface area contributed by atoms with Gasteiger partial charge in [-0.3, -0.25) is 4.79 Å². The SMILES string of the molecule is CCc1cc(C(=O)OC)c(NC(=O)CSc2nnc(COc3cc(C)ccc3C)n2CC)s1. The molecule has 0 radical (unpaired) electrons. The maximum atomic E-state index is 12.6. The van der Waals surface area contributed by atoms with Crippen LogP contribution in [0.3, 0.4) is 0 Å². The fourth-order valence-electron chi connectivity index (χ4n) is 3.12. The number of thiophene rings is 1. The average Bonchev–Trinajstić information content (AvgIpc) is 3.40. The van der Waals surface area contributed by atoms with Gasteiger partial charge in [-0.1, -0.05) is 30.8 Å². The molecular weight excluding hydrogens is 460 g/mol. The summed E-state index contributed by atoms with van der Waals surface area (Å²) in [6.07, 6.45) is 0.770. The lowest BCUT2D eigenvalue weighted by atomic mass is 10.1. The summed E-state index contributed by atoms with van der Waals surface area (Å²) in [5, 5.41) is 12.5. The van der Waals surface area contributed by atoms with E-state index in [1.54, 1.807) is 6.07 Å². The minimum absolute atomic E-state index is 0.135. The predicted octanol–water partition coefficient (Wildman–Crippen LogP) is 4.64. The van der Waals surface area contributed by atoms with Crippen LogP contribution in [0.4, 0.5) is 5.00 Å². The Morgan fingerprint density at radius 3 is 2.67 bits per heavy atom. The number of benzene rings is 1. The first kappa shape index (κ1) is 24.8. The monoisotopic (exact) mass is 488 g/mol. The van der Waals surface area contributed by atoms with Crippen LogP contribution >= 0.6 is 23.1 Å². The Hall–Kier alpha value is -2.85. The smallest absolute Gasteiger partial charge is 0.340 e. The van der Waals surface area contributed by atoms with Crippen molar-refractivity contribution in [2.45, 2.75) is 52.4 Å². The van der Waals surface area contributed by atoms with Crippen LogP contribution in [-0.4, -0.2) is 39.5 Å². The number of methoxy groups -OCH3 is 1. The molecule has 0 bridgehead atoms. The molecule has 0 aliphatic heterocycles. The van der Waals surface area contributed by atoms with Crippen LogP contribution in [-0.2, 0) is 29.1 Å². The second kappa shape index (κ2) is 11.3. The number of nitrogens with one attached hydrogen (secondary N) is 1. The van der Waals surface area contributed by atoms with E-state index in [-0.39, 0.29) is 18.3 Å². The van der Waals surface area contributed by atoms with Gasteiger partial charge in [-0.05, 0) is 50.5 Å². The van der Waals surface area contributed by atoms with Crippen molar-refractivity contribution in [3.63, 3.8) is 0 Å². The second-order valence-corrected chi connectivity index (χ2v) is 9.42. The van der Waals surface area contributed by atoms with Crippen LogP contribution in [0.1, 0.15) is 46.0 Å². The van der Waals surface area contributed by atoms with Gasteiger partial charge in [-0.15, -0.1) is 21.5 Å². The molecule has 0 saturated carbocycles. The van der Waals surface area contributed by atoms with Crippen molar-refractivity contribution in [1.82, 2.24) is 14.8 Å². The minimum Gasteiger partial charge on any atom is -0.485 e. The summed E-state index contributed by atoms with van der Waals surface area (Å²) in [6.45, 7) is 8.95. The summed E-state index contributed by atoms with van der Waals surface area (Å²) in [5.41, 5.74) is 2.56. The zero-order valence-electron chi connectivity index (χ0n) is 19.4. The summed E-state index contributed by atoms with van der Waals surface area (Å²) in [6, 6.07) is 7.83. The first-order chi connectivity index (χ1) is 15.9. The first-order valence-electron chi connectivity index (χ1n) is 10.6. The molecule has 10 heteroatoms. The molecule has 1 amide bonds. The lowest BCUT2D eigenvalue weighted by molar-refractivity contribution is -0.113. The molecule has 0 saturated heterocycles. The lowest BCUT2D eigenvalue weighted by Gasteiger charge is -2.11.